The van der Waals surface area contributed by atoms with Gasteiger partial charge in [-0.15, -0.1) is 0 Å². The van der Waals surface area contributed by atoms with E-state index in [-0.39, 0.29) is 0 Å². The number of nitriles is 1. The second-order valence-corrected chi connectivity index (χ2v) is 6.99. The molecule has 0 aromatic heterocycles. The topological polar surface area (TPSA) is 61.2 Å². The van der Waals surface area contributed by atoms with Crippen molar-refractivity contribution in [3.8, 4) is 6.07 Å². The quantitative estimate of drug-likeness (QED) is 0.827. The summed E-state index contributed by atoms with van der Waals surface area (Å²) in [4.78, 5) is 0.338. The van der Waals surface area contributed by atoms with Gasteiger partial charge in [-0.3, -0.25) is 0 Å². The Hall–Kier alpha value is -1.38. The zero-order valence-corrected chi connectivity index (χ0v) is 10.7. The third kappa shape index (κ3) is 1.92. The van der Waals surface area contributed by atoms with Gasteiger partial charge in [-0.1, -0.05) is 12.1 Å². The highest BCUT2D eigenvalue weighted by atomic mass is 32.2. The van der Waals surface area contributed by atoms with E-state index in [1.54, 1.807) is 28.6 Å². The van der Waals surface area contributed by atoms with E-state index in [4.69, 9.17) is 5.26 Å². The third-order valence-electron chi connectivity index (χ3n) is 3.79. The van der Waals surface area contributed by atoms with Crippen LogP contribution in [-0.2, 0) is 16.4 Å². The molecule has 1 saturated carbocycles. The van der Waals surface area contributed by atoms with E-state index in [9.17, 15) is 8.42 Å². The standard InChI is InChI=1S/C13H14N2O2S/c14-6-5-10-1-3-13(4-2-10)18(16,17)15-8-11-7-12(11)9-15/h1-4,11-12H,5,7-9H2. The molecule has 1 aliphatic heterocycles. The van der Waals surface area contributed by atoms with Gasteiger partial charge in [-0.05, 0) is 36.0 Å². The first kappa shape index (κ1) is 11.7. The normalized spacial score (nSPS) is 26.6. The lowest BCUT2D eigenvalue weighted by atomic mass is 10.2. The Morgan fingerprint density at radius 3 is 2.39 bits per heavy atom. The van der Waals surface area contributed by atoms with Crippen molar-refractivity contribution in [2.75, 3.05) is 13.1 Å². The fraction of sp³-hybridized carbons (Fsp3) is 0.462. The molecule has 5 heteroatoms. The van der Waals surface area contributed by atoms with Crippen molar-refractivity contribution in [2.45, 2.75) is 17.7 Å². The van der Waals surface area contributed by atoms with Crippen molar-refractivity contribution in [1.29, 1.82) is 5.26 Å². The van der Waals surface area contributed by atoms with E-state index >= 15 is 0 Å². The molecule has 2 fully saturated rings. The van der Waals surface area contributed by atoms with Crippen LogP contribution in [0.3, 0.4) is 0 Å². The summed E-state index contributed by atoms with van der Waals surface area (Å²) in [5.41, 5.74) is 0.848. The van der Waals surface area contributed by atoms with Crippen LogP contribution in [0, 0.1) is 23.2 Å². The summed E-state index contributed by atoms with van der Waals surface area (Å²) in [6.07, 6.45) is 1.50. The van der Waals surface area contributed by atoms with Gasteiger partial charge in [-0.25, -0.2) is 8.42 Å². The lowest BCUT2D eigenvalue weighted by molar-refractivity contribution is 0.443. The number of rotatable bonds is 3. The van der Waals surface area contributed by atoms with E-state index in [2.05, 4.69) is 0 Å². The molecule has 1 aromatic carbocycles. The van der Waals surface area contributed by atoms with Gasteiger partial charge >= 0.3 is 0 Å². The first-order chi connectivity index (χ1) is 8.61. The number of benzene rings is 1. The van der Waals surface area contributed by atoms with Crippen LogP contribution in [0.1, 0.15) is 12.0 Å². The second-order valence-electron chi connectivity index (χ2n) is 5.06. The number of fused-ring (bicyclic) bond motifs is 1. The van der Waals surface area contributed by atoms with Gasteiger partial charge in [0.1, 0.15) is 0 Å². The molecule has 0 N–H and O–H groups in total. The van der Waals surface area contributed by atoms with Gasteiger partial charge in [0.25, 0.3) is 0 Å². The Morgan fingerprint density at radius 2 is 1.83 bits per heavy atom. The Labute approximate surface area is 107 Å². The van der Waals surface area contributed by atoms with Crippen LogP contribution >= 0.6 is 0 Å². The average Bonchev–Trinajstić information content (AvgIpc) is 2.97. The predicted octanol–water partition coefficient (Wildman–Crippen LogP) is 1.39. The van der Waals surface area contributed by atoms with E-state index in [1.165, 1.54) is 6.42 Å². The summed E-state index contributed by atoms with van der Waals surface area (Å²) in [7, 11) is -3.32. The van der Waals surface area contributed by atoms with Gasteiger partial charge in [0.2, 0.25) is 10.0 Å². The van der Waals surface area contributed by atoms with E-state index in [1.807, 2.05) is 6.07 Å². The second kappa shape index (κ2) is 4.08. The maximum atomic E-state index is 12.3. The van der Waals surface area contributed by atoms with E-state index in [0.717, 1.165) is 5.56 Å². The minimum atomic E-state index is -3.32. The zero-order chi connectivity index (χ0) is 12.8. The van der Waals surface area contributed by atoms with Crippen LogP contribution in [0.15, 0.2) is 29.2 Å². The van der Waals surface area contributed by atoms with Gasteiger partial charge in [-0.2, -0.15) is 9.57 Å². The Morgan fingerprint density at radius 1 is 1.22 bits per heavy atom. The van der Waals surface area contributed by atoms with Crippen molar-refractivity contribution in [3.63, 3.8) is 0 Å². The molecule has 2 unspecified atom stereocenters. The smallest absolute Gasteiger partial charge is 0.207 e. The zero-order valence-electron chi connectivity index (χ0n) is 9.91. The average molecular weight is 262 g/mol. The minimum Gasteiger partial charge on any atom is -0.207 e. The fourth-order valence-corrected chi connectivity index (χ4v) is 4.12. The molecule has 1 saturated heterocycles. The molecule has 0 radical (unpaired) electrons. The molecular weight excluding hydrogens is 248 g/mol. The van der Waals surface area contributed by atoms with Gasteiger partial charge in [0, 0.05) is 13.1 Å². The molecular formula is C13H14N2O2S. The highest BCUT2D eigenvalue weighted by Gasteiger charge is 2.48. The molecule has 3 rings (SSSR count). The third-order valence-corrected chi connectivity index (χ3v) is 5.64. The van der Waals surface area contributed by atoms with Crippen LogP contribution in [0.25, 0.3) is 0 Å². The molecule has 2 atom stereocenters. The molecule has 1 heterocycles. The largest absolute Gasteiger partial charge is 0.243 e. The van der Waals surface area contributed by atoms with Crippen molar-refractivity contribution in [2.24, 2.45) is 11.8 Å². The van der Waals surface area contributed by atoms with Crippen molar-refractivity contribution < 1.29 is 8.42 Å². The molecule has 94 valence electrons. The van der Waals surface area contributed by atoms with Gasteiger partial charge in [0.05, 0.1) is 17.4 Å². The van der Waals surface area contributed by atoms with E-state index < -0.39 is 10.0 Å². The van der Waals surface area contributed by atoms with Gasteiger partial charge in [0.15, 0.2) is 0 Å². The Bertz CT molecular complexity index is 591. The number of piperidine rings is 1. The minimum absolute atomic E-state index is 0.314. The molecule has 18 heavy (non-hydrogen) atoms. The summed E-state index contributed by atoms with van der Waals surface area (Å²) in [5, 5.41) is 8.58. The predicted molar refractivity (Wildman–Crippen MR) is 66.1 cm³/mol. The number of sulfonamides is 1. The Kier molecular flexibility index (Phi) is 2.65. The van der Waals surface area contributed by atoms with Crippen molar-refractivity contribution in [3.05, 3.63) is 29.8 Å². The summed E-state index contributed by atoms with van der Waals surface area (Å²) in [6, 6.07) is 8.69. The lowest BCUT2D eigenvalue weighted by Gasteiger charge is -2.17. The molecule has 1 aromatic rings. The number of hydrogen-bond acceptors (Lipinski definition) is 3. The fourth-order valence-electron chi connectivity index (χ4n) is 2.57. The molecule has 0 spiro atoms. The summed E-state index contributed by atoms with van der Waals surface area (Å²) in [5.74, 6) is 1.19. The summed E-state index contributed by atoms with van der Waals surface area (Å²) < 4.78 is 26.2. The Balaban J connectivity index is 1.82. The first-order valence-electron chi connectivity index (χ1n) is 6.07. The van der Waals surface area contributed by atoms with Crippen LogP contribution in [0.4, 0.5) is 0 Å². The maximum Gasteiger partial charge on any atom is 0.243 e. The number of hydrogen-bond donors (Lipinski definition) is 0. The summed E-state index contributed by atoms with van der Waals surface area (Å²) >= 11 is 0. The highest BCUT2D eigenvalue weighted by Crippen LogP contribution is 2.46. The number of nitrogens with zero attached hydrogens (tertiary/aromatic N) is 2. The summed E-state index contributed by atoms with van der Waals surface area (Å²) in [6.45, 7) is 1.35. The van der Waals surface area contributed by atoms with Crippen LogP contribution in [-0.4, -0.2) is 25.8 Å². The van der Waals surface area contributed by atoms with Crippen molar-refractivity contribution >= 4 is 10.0 Å². The van der Waals surface area contributed by atoms with Crippen LogP contribution in [0.2, 0.25) is 0 Å². The monoisotopic (exact) mass is 262 g/mol. The first-order valence-corrected chi connectivity index (χ1v) is 7.51. The van der Waals surface area contributed by atoms with Crippen LogP contribution in [0.5, 0.6) is 0 Å². The molecule has 1 aliphatic carbocycles. The van der Waals surface area contributed by atoms with Gasteiger partial charge < -0.3 is 0 Å². The highest BCUT2D eigenvalue weighted by molar-refractivity contribution is 7.89. The van der Waals surface area contributed by atoms with Crippen LogP contribution < -0.4 is 0 Å². The molecule has 2 aliphatic rings. The van der Waals surface area contributed by atoms with E-state index in [0.29, 0.717) is 36.2 Å². The lowest BCUT2D eigenvalue weighted by Crippen LogP contribution is -2.30. The molecule has 0 amide bonds. The van der Waals surface area contributed by atoms with Crippen molar-refractivity contribution in [1.82, 2.24) is 4.31 Å². The SMILES string of the molecule is N#CCc1ccc(S(=O)(=O)N2CC3CC3C2)cc1. The molecule has 4 nitrogen and oxygen atoms in total. The maximum absolute atomic E-state index is 12.3. The molecule has 0 bridgehead atoms.